The third kappa shape index (κ3) is 3.76. The first-order chi connectivity index (χ1) is 12.7. The molecule has 0 fully saturated rings. The van der Waals surface area contributed by atoms with Gasteiger partial charge < -0.3 is 5.32 Å². The molecule has 1 atom stereocenters. The Morgan fingerprint density at radius 2 is 1.93 bits per heavy atom. The highest BCUT2D eigenvalue weighted by Crippen LogP contribution is 2.26. The molecule has 0 bridgehead atoms. The Labute approximate surface area is 154 Å². The van der Waals surface area contributed by atoms with Crippen LogP contribution in [0.5, 0.6) is 0 Å². The minimum Gasteiger partial charge on any atom is -0.343 e. The lowest BCUT2D eigenvalue weighted by atomic mass is 10.0. The molecule has 0 aliphatic heterocycles. The molecule has 3 aromatic heterocycles. The third-order valence-corrected chi connectivity index (χ3v) is 4.20. The zero-order valence-electron chi connectivity index (χ0n) is 15.3. The van der Waals surface area contributed by atoms with Crippen LogP contribution in [0.3, 0.4) is 0 Å². The maximum Gasteiger partial charge on any atom is 0.408 e. The second-order valence-corrected chi connectivity index (χ2v) is 6.19. The van der Waals surface area contributed by atoms with E-state index in [4.69, 9.17) is 0 Å². The van der Waals surface area contributed by atoms with Gasteiger partial charge in [-0.15, -0.1) is 0 Å². The van der Waals surface area contributed by atoms with Crippen molar-refractivity contribution >= 4 is 17.2 Å². The Bertz CT molecular complexity index is 1010. The monoisotopic (exact) mass is 376 g/mol. The molecule has 142 valence electrons. The highest BCUT2D eigenvalue weighted by molar-refractivity contribution is 5.78. The van der Waals surface area contributed by atoms with Crippen LogP contribution in [0.1, 0.15) is 36.5 Å². The molecule has 0 spiro atoms. The van der Waals surface area contributed by atoms with Crippen LogP contribution >= 0.6 is 0 Å². The Morgan fingerprint density at radius 3 is 2.56 bits per heavy atom. The molecule has 9 heteroatoms. The van der Waals surface area contributed by atoms with Crippen molar-refractivity contribution in [2.75, 3.05) is 5.32 Å². The molecule has 0 amide bonds. The quantitative estimate of drug-likeness (QED) is 0.747. The number of rotatable bonds is 4. The van der Waals surface area contributed by atoms with Gasteiger partial charge in [-0.2, -0.15) is 18.3 Å². The predicted octanol–water partition coefficient (Wildman–Crippen LogP) is 3.95. The van der Waals surface area contributed by atoms with Crippen LogP contribution in [0.25, 0.3) is 11.2 Å². The Balaban J connectivity index is 1.94. The van der Waals surface area contributed by atoms with Gasteiger partial charge in [0.25, 0.3) is 0 Å². The summed E-state index contributed by atoms with van der Waals surface area (Å²) >= 11 is 0. The van der Waals surface area contributed by atoms with E-state index in [2.05, 4.69) is 25.4 Å². The van der Waals surface area contributed by atoms with Crippen LogP contribution in [0.15, 0.2) is 30.6 Å². The van der Waals surface area contributed by atoms with Crippen molar-refractivity contribution in [3.8, 4) is 0 Å². The Morgan fingerprint density at radius 1 is 1.19 bits per heavy atom. The van der Waals surface area contributed by atoms with Crippen molar-refractivity contribution in [3.63, 3.8) is 0 Å². The van der Waals surface area contributed by atoms with Crippen molar-refractivity contribution in [1.82, 2.24) is 24.6 Å². The summed E-state index contributed by atoms with van der Waals surface area (Å²) in [5.74, 6) is -0.0645. The predicted molar refractivity (Wildman–Crippen MR) is 96.4 cm³/mol. The summed E-state index contributed by atoms with van der Waals surface area (Å²) < 4.78 is 39.9. The number of hydrogen-bond acceptors (Lipinski definition) is 5. The second kappa shape index (κ2) is 6.98. The highest BCUT2D eigenvalue weighted by atomic mass is 19.4. The molecule has 0 unspecified atom stereocenters. The standard InChI is InChI=1S/C18H19F3N6/c1-5-13(15-6-7-16-22-8-10(2)27(16)26-15)14-9-23-17(24-11(14)3)25-12(4)18(19,20)21/h5-9,12H,1-4H3,(H,23,24,25)/b13-5+/t12-/m1/s1. The van der Waals surface area contributed by atoms with E-state index in [-0.39, 0.29) is 5.95 Å². The molecule has 27 heavy (non-hydrogen) atoms. The molecule has 0 radical (unpaired) electrons. The molecule has 0 saturated carbocycles. The number of imidazole rings is 1. The van der Waals surface area contributed by atoms with Gasteiger partial charge in [-0.25, -0.2) is 19.5 Å². The van der Waals surface area contributed by atoms with Gasteiger partial charge in [-0.05, 0) is 39.8 Å². The number of halogens is 3. The van der Waals surface area contributed by atoms with Gasteiger partial charge in [-0.1, -0.05) is 6.08 Å². The van der Waals surface area contributed by atoms with Crippen molar-refractivity contribution in [2.24, 2.45) is 0 Å². The number of anilines is 1. The molecule has 3 heterocycles. The lowest BCUT2D eigenvalue weighted by Crippen LogP contribution is -2.33. The van der Waals surface area contributed by atoms with Crippen LogP contribution in [0.2, 0.25) is 0 Å². The average molecular weight is 376 g/mol. The maximum atomic E-state index is 12.7. The van der Waals surface area contributed by atoms with Crippen molar-refractivity contribution < 1.29 is 13.2 Å². The summed E-state index contributed by atoms with van der Waals surface area (Å²) in [7, 11) is 0. The van der Waals surface area contributed by atoms with Gasteiger partial charge >= 0.3 is 6.18 Å². The zero-order chi connectivity index (χ0) is 19.8. The smallest absolute Gasteiger partial charge is 0.343 e. The fourth-order valence-electron chi connectivity index (χ4n) is 2.65. The van der Waals surface area contributed by atoms with Crippen molar-refractivity contribution in [2.45, 2.75) is 39.9 Å². The molecule has 6 nitrogen and oxygen atoms in total. The Hall–Kier alpha value is -2.97. The van der Waals surface area contributed by atoms with Crippen LogP contribution in [-0.4, -0.2) is 36.8 Å². The first kappa shape index (κ1) is 18.8. The summed E-state index contributed by atoms with van der Waals surface area (Å²) in [4.78, 5) is 12.5. The minimum atomic E-state index is -4.37. The molecule has 3 rings (SSSR count). The number of hydrogen-bond donors (Lipinski definition) is 1. The van der Waals surface area contributed by atoms with Crippen molar-refractivity contribution in [3.05, 3.63) is 53.2 Å². The fourth-order valence-corrected chi connectivity index (χ4v) is 2.65. The topological polar surface area (TPSA) is 68.0 Å². The van der Waals surface area contributed by atoms with E-state index in [0.29, 0.717) is 17.0 Å². The summed E-state index contributed by atoms with van der Waals surface area (Å²) in [5, 5.41) is 6.87. The molecular formula is C18H19F3N6. The summed E-state index contributed by atoms with van der Waals surface area (Å²) in [6, 6.07) is 1.96. The molecule has 0 aliphatic carbocycles. The van der Waals surface area contributed by atoms with Gasteiger partial charge in [0.15, 0.2) is 5.65 Å². The van der Waals surface area contributed by atoms with E-state index < -0.39 is 12.2 Å². The summed E-state index contributed by atoms with van der Waals surface area (Å²) in [6.07, 6.45) is 0.748. The normalized spacial score (nSPS) is 13.8. The van der Waals surface area contributed by atoms with Crippen LogP contribution in [0.4, 0.5) is 19.1 Å². The number of allylic oxidation sites excluding steroid dienone is 1. The van der Waals surface area contributed by atoms with Gasteiger partial charge in [0.2, 0.25) is 5.95 Å². The SMILES string of the molecule is C/C=C(/c1ccc2ncc(C)n2n1)c1cnc(N[C@H](C)C(F)(F)F)nc1C. The molecule has 0 saturated heterocycles. The molecule has 0 aliphatic rings. The van der Waals surface area contributed by atoms with E-state index in [1.165, 1.54) is 6.20 Å². The van der Waals surface area contributed by atoms with Crippen LogP contribution < -0.4 is 5.32 Å². The van der Waals surface area contributed by atoms with Gasteiger partial charge in [0.1, 0.15) is 6.04 Å². The number of alkyl halides is 3. The minimum absolute atomic E-state index is 0.0645. The lowest BCUT2D eigenvalue weighted by molar-refractivity contribution is -0.138. The van der Waals surface area contributed by atoms with E-state index >= 15 is 0 Å². The lowest BCUT2D eigenvalue weighted by Gasteiger charge is -2.18. The van der Waals surface area contributed by atoms with E-state index in [0.717, 1.165) is 23.8 Å². The number of fused-ring (bicyclic) bond motifs is 1. The van der Waals surface area contributed by atoms with Gasteiger partial charge in [-0.3, -0.25) is 0 Å². The number of nitrogens with one attached hydrogen (secondary N) is 1. The van der Waals surface area contributed by atoms with E-state index in [1.807, 2.05) is 32.1 Å². The van der Waals surface area contributed by atoms with E-state index in [1.54, 1.807) is 17.6 Å². The van der Waals surface area contributed by atoms with E-state index in [9.17, 15) is 13.2 Å². The third-order valence-electron chi connectivity index (χ3n) is 4.20. The van der Waals surface area contributed by atoms with Gasteiger partial charge in [0, 0.05) is 17.3 Å². The average Bonchev–Trinajstić information content (AvgIpc) is 2.97. The molecule has 0 aromatic carbocycles. The molecule has 3 aromatic rings. The zero-order valence-corrected chi connectivity index (χ0v) is 15.3. The Kier molecular flexibility index (Phi) is 4.86. The molecular weight excluding hydrogens is 357 g/mol. The van der Waals surface area contributed by atoms with Crippen LogP contribution in [0, 0.1) is 13.8 Å². The number of aromatic nitrogens is 5. The number of aryl methyl sites for hydroxylation is 2. The largest absolute Gasteiger partial charge is 0.408 e. The first-order valence-electron chi connectivity index (χ1n) is 8.36. The number of nitrogens with zero attached hydrogens (tertiary/aromatic N) is 5. The van der Waals surface area contributed by atoms with Crippen LogP contribution in [-0.2, 0) is 0 Å². The first-order valence-corrected chi connectivity index (χ1v) is 8.36. The molecule has 1 N–H and O–H groups in total. The second-order valence-electron chi connectivity index (χ2n) is 6.19. The summed E-state index contributed by atoms with van der Waals surface area (Å²) in [5.41, 5.74) is 4.38. The maximum absolute atomic E-state index is 12.7. The fraction of sp³-hybridized carbons (Fsp3) is 0.333. The highest BCUT2D eigenvalue weighted by Gasteiger charge is 2.36. The van der Waals surface area contributed by atoms with Gasteiger partial charge in [0.05, 0.1) is 23.3 Å². The van der Waals surface area contributed by atoms with Crippen molar-refractivity contribution in [1.29, 1.82) is 0 Å². The summed E-state index contributed by atoms with van der Waals surface area (Å²) in [6.45, 7) is 6.52.